The zero-order chi connectivity index (χ0) is 17.3. The number of carbonyl (C=O) groups excluding carboxylic acids is 1. The minimum atomic E-state index is -0.406. The Hall–Kier alpha value is -1.93. The number of nitrogens with two attached hydrogens (primary N) is 1. The van der Waals surface area contributed by atoms with Crippen LogP contribution in [0.1, 0.15) is 32.1 Å². The fraction of sp³-hybridized carbons (Fsp3) is 0.250. The highest BCUT2D eigenvalue weighted by Crippen LogP contribution is 2.24. The number of thiazole rings is 1. The number of rotatable bonds is 5. The molecule has 24 heavy (non-hydrogen) atoms. The molecule has 1 atom stereocenters. The lowest BCUT2D eigenvalue weighted by Gasteiger charge is -2.13. The van der Waals surface area contributed by atoms with E-state index in [9.17, 15) is 9.90 Å². The molecule has 126 valence electrons. The number of fused-ring (bicyclic) bond motifs is 1. The highest BCUT2D eigenvalue weighted by Gasteiger charge is 2.20. The van der Waals surface area contributed by atoms with Crippen molar-refractivity contribution in [3.8, 4) is 0 Å². The molecule has 3 rings (SSSR count). The van der Waals surface area contributed by atoms with Crippen LogP contribution >= 0.6 is 22.9 Å². The van der Waals surface area contributed by atoms with Gasteiger partial charge in [0.1, 0.15) is 10.7 Å². The standard InChI is InChI=1S/C16H17ClN4O2S/c1-8-14(7-22)24-16(19-8)13(6-18)21-15(23)12-5-9-4-10(17)2-3-11(9)20-12/h2-5,13,20,22H,6-7,18H2,1H3,(H,21,23). The SMILES string of the molecule is Cc1nc(C(CN)NC(=O)c2cc3cc(Cl)ccc3[nH]2)sc1CO. The summed E-state index contributed by atoms with van der Waals surface area (Å²) in [6.45, 7) is 1.97. The zero-order valence-electron chi connectivity index (χ0n) is 13.0. The molecule has 0 aliphatic heterocycles. The van der Waals surface area contributed by atoms with Crippen LogP contribution in [0.15, 0.2) is 24.3 Å². The number of amides is 1. The van der Waals surface area contributed by atoms with Gasteiger partial charge >= 0.3 is 0 Å². The quantitative estimate of drug-likeness (QED) is 0.558. The number of aromatic nitrogens is 2. The molecule has 1 amide bonds. The number of aryl methyl sites for hydroxylation is 1. The smallest absolute Gasteiger partial charge is 0.268 e. The minimum Gasteiger partial charge on any atom is -0.391 e. The van der Waals surface area contributed by atoms with Crippen molar-refractivity contribution < 1.29 is 9.90 Å². The number of halogens is 1. The van der Waals surface area contributed by atoms with Gasteiger partial charge in [-0.2, -0.15) is 0 Å². The van der Waals surface area contributed by atoms with Crippen LogP contribution in [0.5, 0.6) is 0 Å². The van der Waals surface area contributed by atoms with Crippen molar-refractivity contribution in [1.29, 1.82) is 0 Å². The summed E-state index contributed by atoms with van der Waals surface area (Å²) in [6, 6.07) is 6.72. The number of H-pyrrole nitrogens is 1. The third kappa shape index (κ3) is 3.29. The second kappa shape index (κ2) is 6.90. The lowest BCUT2D eigenvalue weighted by atomic mass is 10.2. The van der Waals surface area contributed by atoms with E-state index in [2.05, 4.69) is 15.3 Å². The number of hydrogen-bond donors (Lipinski definition) is 4. The van der Waals surface area contributed by atoms with Crippen molar-refractivity contribution in [2.75, 3.05) is 6.54 Å². The number of aliphatic hydroxyl groups excluding tert-OH is 1. The van der Waals surface area contributed by atoms with Crippen molar-refractivity contribution >= 4 is 39.7 Å². The van der Waals surface area contributed by atoms with Crippen LogP contribution in [-0.4, -0.2) is 27.5 Å². The predicted molar refractivity (Wildman–Crippen MR) is 95.3 cm³/mol. The molecule has 1 aromatic carbocycles. The Morgan fingerprint density at radius 3 is 2.96 bits per heavy atom. The van der Waals surface area contributed by atoms with Gasteiger partial charge in [-0.1, -0.05) is 11.6 Å². The van der Waals surface area contributed by atoms with Crippen molar-refractivity contribution in [3.05, 3.63) is 50.6 Å². The summed E-state index contributed by atoms with van der Waals surface area (Å²) in [7, 11) is 0. The summed E-state index contributed by atoms with van der Waals surface area (Å²) in [5.74, 6) is -0.267. The molecule has 8 heteroatoms. The maximum atomic E-state index is 12.5. The highest BCUT2D eigenvalue weighted by molar-refractivity contribution is 7.11. The monoisotopic (exact) mass is 364 g/mol. The second-order valence-electron chi connectivity index (χ2n) is 5.40. The molecule has 0 radical (unpaired) electrons. The molecule has 0 aliphatic carbocycles. The topological polar surface area (TPSA) is 104 Å². The summed E-state index contributed by atoms with van der Waals surface area (Å²) in [6.07, 6.45) is 0. The molecule has 0 bridgehead atoms. The van der Waals surface area contributed by atoms with Crippen LogP contribution in [0, 0.1) is 6.92 Å². The van der Waals surface area contributed by atoms with Crippen LogP contribution in [0.2, 0.25) is 5.02 Å². The lowest BCUT2D eigenvalue weighted by Crippen LogP contribution is -2.33. The molecule has 2 aromatic heterocycles. The van der Waals surface area contributed by atoms with Gasteiger partial charge in [-0.15, -0.1) is 11.3 Å². The predicted octanol–water partition coefficient (Wildman–Crippen LogP) is 2.51. The largest absolute Gasteiger partial charge is 0.391 e. The maximum Gasteiger partial charge on any atom is 0.268 e. The summed E-state index contributed by atoms with van der Waals surface area (Å²) in [5, 5.41) is 14.3. The molecule has 0 spiro atoms. The van der Waals surface area contributed by atoms with Gasteiger partial charge in [0.05, 0.1) is 23.2 Å². The van der Waals surface area contributed by atoms with Crippen molar-refractivity contribution in [1.82, 2.24) is 15.3 Å². The van der Waals surface area contributed by atoms with Crippen LogP contribution in [0.4, 0.5) is 0 Å². The number of hydrogen-bond acceptors (Lipinski definition) is 5. The zero-order valence-corrected chi connectivity index (χ0v) is 14.5. The molecule has 0 fully saturated rings. The third-order valence-corrected chi connectivity index (χ3v) is 5.21. The molecule has 6 nitrogen and oxygen atoms in total. The lowest BCUT2D eigenvalue weighted by molar-refractivity contribution is 0.0933. The van der Waals surface area contributed by atoms with Gasteiger partial charge in [-0.3, -0.25) is 4.79 Å². The number of aromatic amines is 1. The number of aliphatic hydroxyl groups is 1. The van der Waals surface area contributed by atoms with E-state index in [-0.39, 0.29) is 19.1 Å². The van der Waals surface area contributed by atoms with E-state index >= 15 is 0 Å². The van der Waals surface area contributed by atoms with Gasteiger partial charge in [-0.05, 0) is 31.2 Å². The molecule has 0 aliphatic rings. The van der Waals surface area contributed by atoms with Crippen molar-refractivity contribution in [2.45, 2.75) is 19.6 Å². The van der Waals surface area contributed by atoms with E-state index in [0.717, 1.165) is 21.5 Å². The van der Waals surface area contributed by atoms with Gasteiger partial charge in [0.25, 0.3) is 5.91 Å². The van der Waals surface area contributed by atoms with E-state index in [4.69, 9.17) is 17.3 Å². The minimum absolute atomic E-state index is 0.0719. The first-order valence-electron chi connectivity index (χ1n) is 7.38. The summed E-state index contributed by atoms with van der Waals surface area (Å²) < 4.78 is 0. The maximum absolute atomic E-state index is 12.5. The molecule has 5 N–H and O–H groups in total. The van der Waals surface area contributed by atoms with E-state index in [1.54, 1.807) is 18.2 Å². The Labute approximate surface area is 147 Å². The number of nitrogens with zero attached hydrogens (tertiary/aromatic N) is 1. The Morgan fingerprint density at radius 1 is 1.50 bits per heavy atom. The Balaban J connectivity index is 1.82. The van der Waals surface area contributed by atoms with E-state index in [0.29, 0.717) is 15.7 Å². The number of nitrogens with one attached hydrogen (secondary N) is 2. The van der Waals surface area contributed by atoms with E-state index in [1.165, 1.54) is 11.3 Å². The Morgan fingerprint density at radius 2 is 2.29 bits per heavy atom. The number of carbonyl (C=O) groups is 1. The van der Waals surface area contributed by atoms with Crippen LogP contribution in [0.3, 0.4) is 0 Å². The second-order valence-corrected chi connectivity index (χ2v) is 6.95. The summed E-state index contributed by atoms with van der Waals surface area (Å²) >= 11 is 7.32. The van der Waals surface area contributed by atoms with Crippen LogP contribution < -0.4 is 11.1 Å². The third-order valence-electron chi connectivity index (χ3n) is 3.72. The van der Waals surface area contributed by atoms with Gasteiger partial charge in [0, 0.05) is 22.5 Å². The summed E-state index contributed by atoms with van der Waals surface area (Å²) in [5.41, 5.74) is 7.81. The first-order chi connectivity index (χ1) is 11.5. The van der Waals surface area contributed by atoms with Gasteiger partial charge in [0.15, 0.2) is 0 Å². The molecule has 3 aromatic rings. The summed E-state index contributed by atoms with van der Waals surface area (Å²) in [4.78, 5) is 20.7. The van der Waals surface area contributed by atoms with Gasteiger partial charge in [0.2, 0.25) is 0 Å². The first-order valence-corrected chi connectivity index (χ1v) is 8.57. The Bertz CT molecular complexity index is 889. The van der Waals surface area contributed by atoms with Gasteiger partial charge < -0.3 is 21.1 Å². The van der Waals surface area contributed by atoms with Gasteiger partial charge in [-0.25, -0.2) is 4.98 Å². The molecule has 0 saturated heterocycles. The fourth-order valence-electron chi connectivity index (χ4n) is 2.43. The molecule has 2 heterocycles. The molecular formula is C16H17ClN4O2S. The highest BCUT2D eigenvalue weighted by atomic mass is 35.5. The molecular weight excluding hydrogens is 348 g/mol. The number of benzene rings is 1. The average Bonchev–Trinajstić information content (AvgIpc) is 3.15. The van der Waals surface area contributed by atoms with E-state index < -0.39 is 6.04 Å². The van der Waals surface area contributed by atoms with Crippen LogP contribution in [0.25, 0.3) is 10.9 Å². The fourth-order valence-corrected chi connectivity index (χ4v) is 3.60. The van der Waals surface area contributed by atoms with E-state index in [1.807, 2.05) is 13.0 Å². The Kier molecular flexibility index (Phi) is 4.86. The molecule has 1 unspecified atom stereocenters. The first kappa shape index (κ1) is 16.9. The van der Waals surface area contributed by atoms with Crippen molar-refractivity contribution in [2.24, 2.45) is 5.73 Å². The van der Waals surface area contributed by atoms with Crippen LogP contribution in [-0.2, 0) is 6.61 Å². The average molecular weight is 365 g/mol. The normalized spacial score (nSPS) is 12.5. The van der Waals surface area contributed by atoms with Crippen molar-refractivity contribution in [3.63, 3.8) is 0 Å². The molecule has 0 saturated carbocycles.